The smallest absolute Gasteiger partial charge is 0.416 e. The monoisotopic (exact) mass is 544 g/mol. The highest BCUT2D eigenvalue weighted by Crippen LogP contribution is 2.39. The fourth-order valence-electron chi connectivity index (χ4n) is 3.42. The number of thioether (sulfide) groups is 1. The zero-order valence-electron chi connectivity index (χ0n) is 19.2. The number of amides is 2. The molecule has 0 bridgehead atoms. The van der Waals surface area contributed by atoms with Crippen LogP contribution in [0.4, 0.5) is 24.5 Å². The number of hydrogen-bond acceptors (Lipinski definition) is 6. The first-order valence-electron chi connectivity index (χ1n) is 10.8. The van der Waals surface area contributed by atoms with E-state index in [0.29, 0.717) is 22.7 Å². The maximum atomic E-state index is 13.1. The van der Waals surface area contributed by atoms with E-state index in [2.05, 4.69) is 5.32 Å². The minimum Gasteiger partial charge on any atom is -0.493 e. The van der Waals surface area contributed by atoms with Crippen molar-refractivity contribution in [1.82, 2.24) is 0 Å². The quantitative estimate of drug-likeness (QED) is 0.285. The second-order valence-corrected chi connectivity index (χ2v) is 9.35. The normalized spacial score (nSPS) is 14.7. The van der Waals surface area contributed by atoms with Crippen molar-refractivity contribution >= 4 is 57.6 Å². The summed E-state index contributed by atoms with van der Waals surface area (Å²) >= 11 is 6.25. The van der Waals surface area contributed by atoms with Crippen molar-refractivity contribution in [3.63, 3.8) is 0 Å². The lowest BCUT2D eigenvalue weighted by molar-refractivity contribution is -0.137. The number of alkyl halides is 3. The summed E-state index contributed by atoms with van der Waals surface area (Å²) in [4.78, 5) is 26.5. The van der Waals surface area contributed by atoms with Gasteiger partial charge in [0.15, 0.2) is 22.4 Å². The second kappa shape index (κ2) is 11.1. The first-order valence-corrected chi connectivity index (χ1v) is 12.0. The number of carbonyl (C=O) groups is 2. The molecule has 1 heterocycles. The molecule has 6 nitrogen and oxygen atoms in total. The van der Waals surface area contributed by atoms with Crippen LogP contribution < -0.4 is 19.7 Å². The molecule has 0 aliphatic carbocycles. The summed E-state index contributed by atoms with van der Waals surface area (Å²) in [6.07, 6.45) is -2.99. The van der Waals surface area contributed by atoms with Crippen molar-refractivity contribution in [2.75, 3.05) is 23.9 Å². The Bertz CT molecular complexity index is 1380. The molecule has 1 N–H and O–H groups in total. The van der Waals surface area contributed by atoms with Gasteiger partial charge < -0.3 is 14.8 Å². The van der Waals surface area contributed by atoms with Gasteiger partial charge in [0.05, 0.1) is 23.3 Å². The van der Waals surface area contributed by atoms with Crippen LogP contribution in [0.2, 0.25) is 0 Å². The number of rotatable bonds is 7. The molecular weight excluding hydrogens is 525 g/mol. The van der Waals surface area contributed by atoms with Crippen LogP contribution in [0.3, 0.4) is 0 Å². The highest BCUT2D eigenvalue weighted by molar-refractivity contribution is 8.27. The average molecular weight is 545 g/mol. The molecule has 190 valence electrons. The van der Waals surface area contributed by atoms with Crippen molar-refractivity contribution in [3.05, 3.63) is 88.8 Å². The molecule has 1 saturated heterocycles. The fourth-order valence-corrected chi connectivity index (χ4v) is 4.72. The molecule has 0 saturated carbocycles. The lowest BCUT2D eigenvalue weighted by atomic mass is 10.1. The van der Waals surface area contributed by atoms with Gasteiger partial charge >= 0.3 is 6.18 Å². The van der Waals surface area contributed by atoms with Crippen LogP contribution >= 0.6 is 24.0 Å². The molecule has 37 heavy (non-hydrogen) atoms. The maximum absolute atomic E-state index is 13.1. The van der Waals surface area contributed by atoms with Gasteiger partial charge in [-0.05, 0) is 54.1 Å². The molecule has 3 aromatic carbocycles. The van der Waals surface area contributed by atoms with Crippen LogP contribution in [0.5, 0.6) is 11.5 Å². The standard InChI is InChI=1S/C26H19F3N2O4S2/c1-34-21-12-16(10-11-20(21)35-15-23(32)30-18-7-3-2-4-8-18)13-22-24(33)31(25(36)37-22)19-9-5-6-17(14-19)26(27,28)29/h2-14H,15H2,1H3,(H,30,32)/b22-13-. The van der Waals surface area contributed by atoms with E-state index < -0.39 is 17.6 Å². The van der Waals surface area contributed by atoms with Crippen molar-refractivity contribution < 1.29 is 32.2 Å². The number of carbonyl (C=O) groups excluding carboxylic acids is 2. The average Bonchev–Trinajstić information content (AvgIpc) is 3.15. The van der Waals surface area contributed by atoms with Gasteiger partial charge in [-0.25, -0.2) is 0 Å². The Morgan fingerprint density at radius 1 is 1.05 bits per heavy atom. The second-order valence-electron chi connectivity index (χ2n) is 7.68. The predicted octanol–water partition coefficient (Wildman–Crippen LogP) is 6.14. The van der Waals surface area contributed by atoms with E-state index in [1.165, 1.54) is 19.2 Å². The maximum Gasteiger partial charge on any atom is 0.416 e. The molecule has 1 aliphatic rings. The Morgan fingerprint density at radius 2 is 1.81 bits per heavy atom. The predicted molar refractivity (Wildman–Crippen MR) is 141 cm³/mol. The number of thiocarbonyl (C=S) groups is 1. The van der Waals surface area contributed by atoms with Gasteiger partial charge in [0.1, 0.15) is 0 Å². The van der Waals surface area contributed by atoms with Crippen molar-refractivity contribution in [2.24, 2.45) is 0 Å². The molecular formula is C26H19F3N2O4S2. The highest BCUT2D eigenvalue weighted by atomic mass is 32.2. The van der Waals surface area contributed by atoms with Crippen LogP contribution in [0.25, 0.3) is 6.08 Å². The summed E-state index contributed by atoms with van der Waals surface area (Å²) < 4.78 is 50.4. The first-order chi connectivity index (χ1) is 17.7. The number of nitrogens with one attached hydrogen (secondary N) is 1. The number of halogens is 3. The number of para-hydroxylation sites is 1. The Balaban J connectivity index is 1.48. The van der Waals surface area contributed by atoms with Crippen LogP contribution in [0, 0.1) is 0 Å². The molecule has 2 amide bonds. The van der Waals surface area contributed by atoms with Gasteiger partial charge in [0.25, 0.3) is 11.8 Å². The van der Waals surface area contributed by atoms with Crippen LogP contribution in [-0.2, 0) is 15.8 Å². The van der Waals surface area contributed by atoms with E-state index in [1.54, 1.807) is 48.5 Å². The van der Waals surface area contributed by atoms with Crippen LogP contribution in [0.1, 0.15) is 11.1 Å². The summed E-state index contributed by atoms with van der Waals surface area (Å²) in [5, 5.41) is 2.71. The molecule has 1 fully saturated rings. The molecule has 0 spiro atoms. The van der Waals surface area contributed by atoms with Gasteiger partial charge in [-0.1, -0.05) is 54.3 Å². The lowest BCUT2D eigenvalue weighted by Crippen LogP contribution is -2.27. The zero-order valence-corrected chi connectivity index (χ0v) is 20.9. The summed E-state index contributed by atoms with van der Waals surface area (Å²) in [5.74, 6) is -0.240. The zero-order chi connectivity index (χ0) is 26.6. The summed E-state index contributed by atoms with van der Waals surface area (Å²) in [7, 11) is 1.43. The molecule has 0 radical (unpaired) electrons. The fraction of sp³-hybridized carbons (Fsp3) is 0.115. The van der Waals surface area contributed by atoms with Gasteiger partial charge in [0, 0.05) is 5.69 Å². The number of methoxy groups -OCH3 is 1. The Labute approximate surface area is 220 Å². The molecule has 1 aliphatic heterocycles. The van der Waals surface area contributed by atoms with Gasteiger partial charge in [-0.15, -0.1) is 0 Å². The van der Waals surface area contributed by atoms with E-state index in [4.69, 9.17) is 21.7 Å². The summed E-state index contributed by atoms with van der Waals surface area (Å²) in [5.41, 5.74) is 0.375. The molecule has 4 rings (SSSR count). The summed E-state index contributed by atoms with van der Waals surface area (Å²) in [6, 6.07) is 18.2. The van der Waals surface area contributed by atoms with E-state index in [1.807, 2.05) is 6.07 Å². The molecule has 0 aromatic heterocycles. The first kappa shape index (κ1) is 26.2. The van der Waals surface area contributed by atoms with Crippen LogP contribution in [0.15, 0.2) is 77.7 Å². The number of nitrogens with zero attached hydrogens (tertiary/aromatic N) is 1. The van der Waals surface area contributed by atoms with Crippen molar-refractivity contribution in [3.8, 4) is 11.5 Å². The molecule has 3 aromatic rings. The van der Waals surface area contributed by atoms with E-state index >= 15 is 0 Å². The topological polar surface area (TPSA) is 67.9 Å². The van der Waals surface area contributed by atoms with E-state index in [-0.39, 0.29) is 27.4 Å². The minimum atomic E-state index is -4.55. The van der Waals surface area contributed by atoms with Crippen molar-refractivity contribution in [2.45, 2.75) is 6.18 Å². The van der Waals surface area contributed by atoms with Gasteiger partial charge in [-0.3, -0.25) is 14.5 Å². The van der Waals surface area contributed by atoms with E-state index in [9.17, 15) is 22.8 Å². The van der Waals surface area contributed by atoms with Crippen LogP contribution in [-0.4, -0.2) is 29.9 Å². The number of ether oxygens (including phenoxy) is 2. The number of benzene rings is 3. The molecule has 11 heteroatoms. The lowest BCUT2D eigenvalue weighted by Gasteiger charge is -2.16. The minimum absolute atomic E-state index is 0.0378. The third kappa shape index (κ3) is 6.30. The Kier molecular flexibility index (Phi) is 7.84. The Morgan fingerprint density at radius 3 is 2.51 bits per heavy atom. The number of anilines is 2. The van der Waals surface area contributed by atoms with Crippen molar-refractivity contribution in [1.29, 1.82) is 0 Å². The highest BCUT2D eigenvalue weighted by Gasteiger charge is 2.36. The van der Waals surface area contributed by atoms with Gasteiger partial charge in [-0.2, -0.15) is 13.2 Å². The Hall–Kier alpha value is -3.83. The third-order valence-electron chi connectivity index (χ3n) is 5.13. The SMILES string of the molecule is COc1cc(/C=C2\SC(=S)N(c3cccc(C(F)(F)F)c3)C2=O)ccc1OCC(=O)Nc1ccccc1. The third-order valence-corrected chi connectivity index (χ3v) is 6.43. The van der Waals surface area contributed by atoms with Gasteiger partial charge in [0.2, 0.25) is 0 Å². The molecule has 0 atom stereocenters. The summed E-state index contributed by atoms with van der Waals surface area (Å²) in [6.45, 7) is -0.250. The number of hydrogen-bond donors (Lipinski definition) is 1. The molecule has 0 unspecified atom stereocenters. The van der Waals surface area contributed by atoms with E-state index in [0.717, 1.165) is 28.8 Å². The largest absolute Gasteiger partial charge is 0.493 e.